The third-order valence-corrected chi connectivity index (χ3v) is 11.1. The zero-order chi connectivity index (χ0) is 35.6. The predicted molar refractivity (Wildman–Crippen MR) is 229 cm³/mol. The molecule has 0 radical (unpaired) electrons. The molecule has 54 heavy (non-hydrogen) atoms. The minimum Gasteiger partial charge on any atom is -0.309 e. The van der Waals surface area contributed by atoms with Gasteiger partial charge < -0.3 is 9.13 Å². The highest BCUT2D eigenvalue weighted by atomic mass is 15.0. The van der Waals surface area contributed by atoms with E-state index in [2.05, 4.69) is 215 Å². The average molecular weight is 687 g/mol. The fraction of sp³-hybridized carbons (Fsp3) is 0. The van der Waals surface area contributed by atoms with Gasteiger partial charge in [-0.25, -0.2) is 0 Å². The highest BCUT2D eigenvalue weighted by molar-refractivity contribution is 6.13. The summed E-state index contributed by atoms with van der Waals surface area (Å²) in [5.74, 6) is 0. The van der Waals surface area contributed by atoms with E-state index in [1.807, 2.05) is 0 Å². The number of hydrogen-bond acceptors (Lipinski definition) is 0. The van der Waals surface area contributed by atoms with Crippen molar-refractivity contribution in [2.45, 2.75) is 0 Å². The molecule has 0 unspecified atom stereocenters. The molecule has 0 amide bonds. The number of para-hydroxylation sites is 4. The third kappa shape index (κ3) is 4.74. The van der Waals surface area contributed by atoms with Gasteiger partial charge in [-0.05, 0) is 105 Å². The van der Waals surface area contributed by atoms with Crippen LogP contribution in [0.15, 0.2) is 206 Å². The first kappa shape index (κ1) is 30.5. The van der Waals surface area contributed by atoms with Gasteiger partial charge in [0, 0.05) is 32.9 Å². The first-order chi connectivity index (χ1) is 26.8. The maximum Gasteiger partial charge on any atom is 0.0541 e. The van der Waals surface area contributed by atoms with Crippen molar-refractivity contribution in [1.82, 2.24) is 9.13 Å². The molecule has 252 valence electrons. The summed E-state index contributed by atoms with van der Waals surface area (Å²) in [6.07, 6.45) is 0. The summed E-state index contributed by atoms with van der Waals surface area (Å²) < 4.78 is 4.75. The van der Waals surface area contributed by atoms with Crippen molar-refractivity contribution in [3.8, 4) is 44.8 Å². The Hall–Kier alpha value is -7.16. The van der Waals surface area contributed by atoms with Crippen molar-refractivity contribution in [2.24, 2.45) is 0 Å². The molecule has 0 saturated heterocycles. The minimum absolute atomic E-state index is 1.17. The molecule has 11 aromatic rings. The Labute approximate surface area is 313 Å². The lowest BCUT2D eigenvalue weighted by Crippen LogP contribution is -1.93. The van der Waals surface area contributed by atoms with Gasteiger partial charge in [0.25, 0.3) is 0 Å². The topological polar surface area (TPSA) is 9.86 Å². The standard InChI is InChI=1S/C52H34N2/c1-3-15-40(16-4-1)53-48-23-9-7-19-44(48)46-33-38(29-31-50(46)53)35-25-27-36(28-26-35)42-21-11-13-37-14-12-22-43(52(37)42)39-30-32-51-47(34-39)45-20-8-10-24-49(45)54(51)41-17-5-2-6-18-41/h1-34H. The summed E-state index contributed by atoms with van der Waals surface area (Å²) in [7, 11) is 0. The molecule has 0 aliphatic carbocycles. The number of rotatable bonds is 5. The zero-order valence-corrected chi connectivity index (χ0v) is 29.5. The van der Waals surface area contributed by atoms with Crippen molar-refractivity contribution < 1.29 is 0 Å². The summed E-state index contributed by atoms with van der Waals surface area (Å²) in [5, 5.41) is 7.56. The molecule has 0 atom stereocenters. The van der Waals surface area contributed by atoms with Crippen molar-refractivity contribution in [2.75, 3.05) is 0 Å². The van der Waals surface area contributed by atoms with Gasteiger partial charge in [0.2, 0.25) is 0 Å². The van der Waals surface area contributed by atoms with Gasteiger partial charge in [-0.3, -0.25) is 0 Å². The van der Waals surface area contributed by atoms with E-state index in [0.717, 1.165) is 0 Å². The normalized spacial score (nSPS) is 11.7. The van der Waals surface area contributed by atoms with Gasteiger partial charge in [-0.2, -0.15) is 0 Å². The number of benzene rings is 9. The lowest BCUT2D eigenvalue weighted by atomic mass is 9.90. The monoisotopic (exact) mass is 686 g/mol. The van der Waals surface area contributed by atoms with Crippen LogP contribution >= 0.6 is 0 Å². The number of hydrogen-bond donors (Lipinski definition) is 0. The van der Waals surface area contributed by atoms with Gasteiger partial charge in [0.1, 0.15) is 0 Å². The predicted octanol–water partition coefficient (Wildman–Crippen LogP) is 14.0. The number of nitrogens with zero attached hydrogens (tertiary/aromatic N) is 2. The van der Waals surface area contributed by atoms with Gasteiger partial charge in [-0.1, -0.05) is 146 Å². The average Bonchev–Trinajstić information content (AvgIpc) is 3.76. The second kappa shape index (κ2) is 12.2. The molecular weight excluding hydrogens is 653 g/mol. The molecule has 2 heteroatoms. The molecule has 0 aliphatic rings. The molecule has 0 spiro atoms. The molecular formula is C52H34N2. The minimum atomic E-state index is 1.17. The van der Waals surface area contributed by atoms with E-state index in [1.165, 1.54) is 99.1 Å². The Morgan fingerprint density at radius 2 is 0.685 bits per heavy atom. The fourth-order valence-corrected chi connectivity index (χ4v) is 8.67. The summed E-state index contributed by atoms with van der Waals surface area (Å²) in [6, 6.07) is 75.1. The molecule has 2 aromatic heterocycles. The van der Waals surface area contributed by atoms with Crippen LogP contribution < -0.4 is 0 Å². The van der Waals surface area contributed by atoms with Crippen molar-refractivity contribution in [3.63, 3.8) is 0 Å². The van der Waals surface area contributed by atoms with Gasteiger partial charge in [-0.15, -0.1) is 0 Å². The molecule has 0 aliphatic heterocycles. The van der Waals surface area contributed by atoms with Crippen molar-refractivity contribution in [1.29, 1.82) is 0 Å². The summed E-state index contributed by atoms with van der Waals surface area (Å²) >= 11 is 0. The van der Waals surface area contributed by atoms with Crippen LogP contribution in [0.1, 0.15) is 0 Å². The molecule has 0 bridgehead atoms. The molecule has 11 rings (SSSR count). The third-order valence-electron chi connectivity index (χ3n) is 11.1. The molecule has 2 nitrogen and oxygen atoms in total. The summed E-state index contributed by atoms with van der Waals surface area (Å²) in [6.45, 7) is 0. The van der Waals surface area contributed by atoms with Crippen LogP contribution in [0.4, 0.5) is 0 Å². The van der Waals surface area contributed by atoms with Crippen molar-refractivity contribution >= 4 is 54.4 Å². The highest BCUT2D eigenvalue weighted by Crippen LogP contribution is 2.41. The smallest absolute Gasteiger partial charge is 0.0541 e. The molecule has 0 saturated carbocycles. The fourth-order valence-electron chi connectivity index (χ4n) is 8.67. The maximum atomic E-state index is 2.39. The Morgan fingerprint density at radius 3 is 1.26 bits per heavy atom. The molecule has 2 heterocycles. The SMILES string of the molecule is c1ccc(-n2c3ccccc3c3cc(-c4ccc(-c5cccc6cccc(-c7ccc8c(c7)c7ccccc7n8-c7ccccc7)c56)cc4)ccc32)cc1. The maximum absolute atomic E-state index is 2.39. The van der Waals surface area contributed by atoms with Gasteiger partial charge in [0.15, 0.2) is 0 Å². The quantitative estimate of drug-likeness (QED) is 0.171. The van der Waals surface area contributed by atoms with E-state index in [9.17, 15) is 0 Å². The van der Waals surface area contributed by atoms with Crippen molar-refractivity contribution in [3.05, 3.63) is 206 Å². The second-order valence-electron chi connectivity index (χ2n) is 14.1. The molecule has 0 N–H and O–H groups in total. The lowest BCUT2D eigenvalue weighted by Gasteiger charge is -2.14. The lowest BCUT2D eigenvalue weighted by molar-refractivity contribution is 1.18. The zero-order valence-electron chi connectivity index (χ0n) is 29.5. The van der Waals surface area contributed by atoms with E-state index in [-0.39, 0.29) is 0 Å². The first-order valence-corrected chi connectivity index (χ1v) is 18.6. The first-order valence-electron chi connectivity index (χ1n) is 18.6. The number of aromatic nitrogens is 2. The van der Waals surface area contributed by atoms with Crippen LogP contribution in [0.3, 0.4) is 0 Å². The van der Waals surface area contributed by atoms with Crippen LogP contribution in [-0.4, -0.2) is 9.13 Å². The largest absolute Gasteiger partial charge is 0.309 e. The van der Waals surface area contributed by atoms with Crippen LogP contribution in [-0.2, 0) is 0 Å². The van der Waals surface area contributed by atoms with Gasteiger partial charge >= 0.3 is 0 Å². The number of fused-ring (bicyclic) bond motifs is 7. The Balaban J connectivity index is 1.02. The van der Waals surface area contributed by atoms with E-state index < -0.39 is 0 Å². The van der Waals surface area contributed by atoms with Gasteiger partial charge in [0.05, 0.1) is 22.1 Å². The van der Waals surface area contributed by atoms with Crippen LogP contribution in [0.25, 0.3) is 99.1 Å². The van der Waals surface area contributed by atoms with E-state index >= 15 is 0 Å². The van der Waals surface area contributed by atoms with E-state index in [0.29, 0.717) is 0 Å². The van der Waals surface area contributed by atoms with Crippen LogP contribution in [0.5, 0.6) is 0 Å². The van der Waals surface area contributed by atoms with Crippen LogP contribution in [0.2, 0.25) is 0 Å². The summed E-state index contributed by atoms with van der Waals surface area (Å²) in [5.41, 5.74) is 14.5. The molecule has 9 aromatic carbocycles. The second-order valence-corrected chi connectivity index (χ2v) is 14.1. The summed E-state index contributed by atoms with van der Waals surface area (Å²) in [4.78, 5) is 0. The molecule has 0 fully saturated rings. The Morgan fingerprint density at radius 1 is 0.259 bits per heavy atom. The Bertz CT molecular complexity index is 3180. The Kier molecular flexibility index (Phi) is 6.90. The van der Waals surface area contributed by atoms with E-state index in [1.54, 1.807) is 0 Å². The van der Waals surface area contributed by atoms with Crippen LogP contribution in [0, 0.1) is 0 Å². The van der Waals surface area contributed by atoms with E-state index in [4.69, 9.17) is 0 Å². The highest BCUT2D eigenvalue weighted by Gasteiger charge is 2.17.